The lowest BCUT2D eigenvalue weighted by atomic mass is 9.88. The van der Waals surface area contributed by atoms with Gasteiger partial charge in [0.2, 0.25) is 0 Å². The van der Waals surface area contributed by atoms with Crippen LogP contribution in [-0.4, -0.2) is 12.3 Å². The molecule has 0 saturated heterocycles. The third-order valence-electron chi connectivity index (χ3n) is 4.17. The third-order valence-corrected chi connectivity index (χ3v) is 5.58. The number of halogens is 3. The van der Waals surface area contributed by atoms with Crippen molar-refractivity contribution in [1.29, 1.82) is 0 Å². The molecular formula is C14H16F3NS. The maximum Gasteiger partial charge on any atom is 0.418 e. The number of rotatable bonds is 0. The summed E-state index contributed by atoms with van der Waals surface area (Å²) >= 11 is 1.57. The molecule has 1 saturated carbocycles. The van der Waals surface area contributed by atoms with E-state index in [1.165, 1.54) is 25.0 Å². The molecule has 1 aromatic carbocycles. The molecular weight excluding hydrogens is 271 g/mol. The predicted molar refractivity (Wildman–Crippen MR) is 71.6 cm³/mol. The van der Waals surface area contributed by atoms with E-state index in [0.29, 0.717) is 6.54 Å². The van der Waals surface area contributed by atoms with Gasteiger partial charge in [-0.15, -0.1) is 11.8 Å². The van der Waals surface area contributed by atoms with E-state index in [2.05, 4.69) is 5.32 Å². The van der Waals surface area contributed by atoms with E-state index >= 15 is 0 Å². The van der Waals surface area contributed by atoms with Crippen LogP contribution in [0.25, 0.3) is 0 Å². The van der Waals surface area contributed by atoms with Gasteiger partial charge in [0.15, 0.2) is 0 Å². The molecule has 1 nitrogen and oxygen atoms in total. The van der Waals surface area contributed by atoms with Gasteiger partial charge in [-0.2, -0.15) is 13.2 Å². The second kappa shape index (κ2) is 4.62. The summed E-state index contributed by atoms with van der Waals surface area (Å²) in [4.78, 5) is 0.735. The highest BCUT2D eigenvalue weighted by molar-refractivity contribution is 7.99. The fourth-order valence-electron chi connectivity index (χ4n) is 3.07. The summed E-state index contributed by atoms with van der Waals surface area (Å²) in [7, 11) is 0. The van der Waals surface area contributed by atoms with Crippen LogP contribution in [-0.2, 0) is 6.18 Å². The smallest absolute Gasteiger partial charge is 0.383 e. The van der Waals surface area contributed by atoms with E-state index in [1.54, 1.807) is 17.8 Å². The zero-order chi connectivity index (χ0) is 13.5. The number of fused-ring (bicyclic) bond motifs is 1. The summed E-state index contributed by atoms with van der Waals surface area (Å²) in [6.45, 7) is 0.667. The number of hydrogen-bond acceptors (Lipinski definition) is 2. The molecule has 0 bridgehead atoms. The number of alkyl halides is 3. The Morgan fingerprint density at radius 2 is 1.89 bits per heavy atom. The van der Waals surface area contributed by atoms with Crippen molar-refractivity contribution in [3.8, 4) is 0 Å². The lowest BCUT2D eigenvalue weighted by molar-refractivity contribution is -0.137. The van der Waals surface area contributed by atoms with Crippen LogP contribution in [0.5, 0.6) is 0 Å². The van der Waals surface area contributed by atoms with Crippen LogP contribution >= 0.6 is 11.8 Å². The monoisotopic (exact) mass is 287 g/mol. The summed E-state index contributed by atoms with van der Waals surface area (Å²) in [6, 6.07) is 4.46. The summed E-state index contributed by atoms with van der Waals surface area (Å²) in [5, 5.41) is 3.09. The normalized spacial score (nSPS) is 21.8. The first-order valence-corrected chi connectivity index (χ1v) is 7.56. The summed E-state index contributed by atoms with van der Waals surface area (Å²) in [5.74, 6) is 0.925. The highest BCUT2D eigenvalue weighted by Crippen LogP contribution is 2.48. The Hall–Kier alpha value is -0.840. The number of nitrogens with one attached hydrogen (secondary N) is 1. The van der Waals surface area contributed by atoms with Crippen LogP contribution in [0, 0.1) is 5.41 Å². The van der Waals surface area contributed by atoms with Crippen molar-refractivity contribution >= 4 is 17.4 Å². The van der Waals surface area contributed by atoms with E-state index in [1.807, 2.05) is 0 Å². The molecule has 0 amide bonds. The Kier molecular flexibility index (Phi) is 3.20. The van der Waals surface area contributed by atoms with Crippen molar-refractivity contribution < 1.29 is 13.2 Å². The van der Waals surface area contributed by atoms with Crippen LogP contribution in [0.15, 0.2) is 23.1 Å². The first-order valence-electron chi connectivity index (χ1n) is 6.57. The summed E-state index contributed by atoms with van der Waals surface area (Å²) in [5.41, 5.74) is -0.0663. The second-order valence-corrected chi connectivity index (χ2v) is 6.54. The Labute approximate surface area is 115 Å². The Bertz CT molecular complexity index is 478. The molecule has 3 rings (SSSR count). The molecule has 1 aliphatic carbocycles. The zero-order valence-electron chi connectivity index (χ0n) is 10.5. The van der Waals surface area contributed by atoms with Crippen molar-refractivity contribution in [2.75, 3.05) is 17.6 Å². The molecule has 0 unspecified atom stereocenters. The van der Waals surface area contributed by atoms with Gasteiger partial charge in [0.1, 0.15) is 0 Å². The van der Waals surface area contributed by atoms with E-state index in [0.717, 1.165) is 23.5 Å². The van der Waals surface area contributed by atoms with Crippen molar-refractivity contribution in [3.05, 3.63) is 23.8 Å². The molecule has 104 valence electrons. The maximum atomic E-state index is 13.0. The molecule has 19 heavy (non-hydrogen) atoms. The van der Waals surface area contributed by atoms with Crippen LogP contribution < -0.4 is 5.32 Å². The molecule has 1 aliphatic heterocycles. The summed E-state index contributed by atoms with van der Waals surface area (Å²) in [6.07, 6.45) is 0.367. The van der Waals surface area contributed by atoms with Gasteiger partial charge in [-0.05, 0) is 30.4 Å². The van der Waals surface area contributed by atoms with Gasteiger partial charge < -0.3 is 5.32 Å². The Balaban J connectivity index is 1.94. The Morgan fingerprint density at radius 1 is 1.16 bits per heavy atom. The lowest BCUT2D eigenvalue weighted by Gasteiger charge is -2.26. The number of hydrogen-bond donors (Lipinski definition) is 1. The minimum Gasteiger partial charge on any atom is -0.383 e. The van der Waals surface area contributed by atoms with E-state index in [4.69, 9.17) is 0 Å². The van der Waals surface area contributed by atoms with Crippen molar-refractivity contribution in [1.82, 2.24) is 0 Å². The quantitative estimate of drug-likeness (QED) is 0.736. The molecule has 1 aromatic rings. The predicted octanol–water partition coefficient (Wildman–Crippen LogP) is 4.78. The molecule has 1 spiro atoms. The fraction of sp³-hybridized carbons (Fsp3) is 0.571. The van der Waals surface area contributed by atoms with Crippen molar-refractivity contribution in [3.63, 3.8) is 0 Å². The average Bonchev–Trinajstić information content (AvgIpc) is 2.73. The van der Waals surface area contributed by atoms with Gasteiger partial charge in [-0.3, -0.25) is 0 Å². The second-order valence-electron chi connectivity index (χ2n) is 5.53. The minimum absolute atomic E-state index is 0.187. The van der Waals surface area contributed by atoms with Crippen LogP contribution in [0.1, 0.15) is 31.2 Å². The average molecular weight is 287 g/mol. The van der Waals surface area contributed by atoms with Crippen molar-refractivity contribution in [2.45, 2.75) is 36.8 Å². The highest BCUT2D eigenvalue weighted by Gasteiger charge is 2.39. The standard InChI is InChI=1S/C14H16F3NS/c15-14(16,17)10-4-3-5-11-12(10)18-8-13(9-19-11)6-1-2-7-13/h3-5,18H,1-2,6-9H2. The van der Waals surface area contributed by atoms with Gasteiger partial charge in [0.25, 0.3) is 0 Å². The topological polar surface area (TPSA) is 12.0 Å². The molecule has 1 fully saturated rings. The van der Waals surface area contributed by atoms with Crippen LogP contribution in [0.4, 0.5) is 18.9 Å². The van der Waals surface area contributed by atoms with Crippen molar-refractivity contribution in [2.24, 2.45) is 5.41 Å². The Morgan fingerprint density at radius 3 is 2.58 bits per heavy atom. The number of para-hydroxylation sites is 1. The van der Waals surface area contributed by atoms with E-state index in [-0.39, 0.29) is 11.1 Å². The SMILES string of the molecule is FC(F)(F)c1cccc2c1NCC1(CCCC1)CS2. The molecule has 0 atom stereocenters. The number of thioether (sulfide) groups is 1. The third kappa shape index (κ3) is 2.45. The van der Waals surface area contributed by atoms with Gasteiger partial charge in [0.05, 0.1) is 11.3 Å². The number of benzene rings is 1. The van der Waals surface area contributed by atoms with Crippen LogP contribution in [0.3, 0.4) is 0 Å². The minimum atomic E-state index is -4.29. The molecule has 1 N–H and O–H groups in total. The molecule has 0 aromatic heterocycles. The van der Waals surface area contributed by atoms with Gasteiger partial charge in [-0.1, -0.05) is 18.9 Å². The largest absolute Gasteiger partial charge is 0.418 e. The van der Waals surface area contributed by atoms with Gasteiger partial charge in [0, 0.05) is 17.2 Å². The maximum absolute atomic E-state index is 13.0. The molecule has 1 heterocycles. The van der Waals surface area contributed by atoms with E-state index < -0.39 is 11.7 Å². The summed E-state index contributed by atoms with van der Waals surface area (Å²) < 4.78 is 39.1. The van der Waals surface area contributed by atoms with Gasteiger partial charge >= 0.3 is 6.18 Å². The lowest BCUT2D eigenvalue weighted by Crippen LogP contribution is -2.28. The zero-order valence-corrected chi connectivity index (χ0v) is 11.3. The van der Waals surface area contributed by atoms with E-state index in [9.17, 15) is 13.2 Å². The first-order chi connectivity index (χ1) is 9.00. The number of anilines is 1. The fourth-order valence-corrected chi connectivity index (χ4v) is 4.43. The molecule has 5 heteroatoms. The molecule has 2 aliphatic rings. The highest BCUT2D eigenvalue weighted by atomic mass is 32.2. The van der Waals surface area contributed by atoms with Crippen LogP contribution in [0.2, 0.25) is 0 Å². The first kappa shape index (κ1) is 13.2. The van der Waals surface area contributed by atoms with Gasteiger partial charge in [-0.25, -0.2) is 0 Å². The molecule has 0 radical (unpaired) electrons.